The summed E-state index contributed by atoms with van der Waals surface area (Å²) in [7, 11) is 0. The summed E-state index contributed by atoms with van der Waals surface area (Å²) in [6.45, 7) is 2.08. The Morgan fingerprint density at radius 3 is 2.47 bits per heavy atom. The van der Waals surface area contributed by atoms with Gasteiger partial charge in [0.25, 0.3) is 0 Å². The zero-order valence-electron chi connectivity index (χ0n) is 10.8. The van der Waals surface area contributed by atoms with Crippen LogP contribution in [0.25, 0.3) is 0 Å². The maximum absolute atomic E-state index is 9.32. The SMILES string of the molecule is CCC(Nc1ccccc1C#N)c1ccc(O)cc1. The minimum atomic E-state index is 0.120. The van der Waals surface area contributed by atoms with Gasteiger partial charge in [0.05, 0.1) is 17.3 Å². The lowest BCUT2D eigenvalue weighted by atomic mass is 10.0. The molecule has 0 fully saturated rings. The first-order valence-corrected chi connectivity index (χ1v) is 6.29. The van der Waals surface area contributed by atoms with Gasteiger partial charge in [0.1, 0.15) is 11.8 Å². The minimum absolute atomic E-state index is 0.120. The molecular formula is C16H16N2O. The maximum atomic E-state index is 9.32. The predicted molar refractivity (Wildman–Crippen MR) is 75.9 cm³/mol. The molecule has 0 saturated carbocycles. The van der Waals surface area contributed by atoms with E-state index in [9.17, 15) is 5.11 Å². The summed E-state index contributed by atoms with van der Waals surface area (Å²) in [5.41, 5.74) is 2.57. The van der Waals surface area contributed by atoms with E-state index >= 15 is 0 Å². The number of anilines is 1. The van der Waals surface area contributed by atoms with E-state index in [0.29, 0.717) is 5.56 Å². The second-order valence-corrected chi connectivity index (χ2v) is 4.35. The molecule has 1 unspecified atom stereocenters. The van der Waals surface area contributed by atoms with E-state index in [0.717, 1.165) is 17.7 Å². The maximum Gasteiger partial charge on any atom is 0.115 e. The van der Waals surface area contributed by atoms with Gasteiger partial charge in [-0.1, -0.05) is 31.2 Å². The first-order valence-electron chi connectivity index (χ1n) is 6.29. The summed E-state index contributed by atoms with van der Waals surface area (Å²) in [6.07, 6.45) is 0.893. The zero-order valence-corrected chi connectivity index (χ0v) is 10.8. The Morgan fingerprint density at radius 2 is 1.84 bits per heavy atom. The lowest BCUT2D eigenvalue weighted by Crippen LogP contribution is -2.10. The van der Waals surface area contributed by atoms with Crippen LogP contribution in [-0.4, -0.2) is 5.11 Å². The van der Waals surface area contributed by atoms with Crippen molar-refractivity contribution in [3.05, 3.63) is 59.7 Å². The normalized spacial score (nSPS) is 11.6. The van der Waals surface area contributed by atoms with E-state index in [1.807, 2.05) is 30.3 Å². The predicted octanol–water partition coefficient (Wildman–Crippen LogP) is 3.83. The first-order chi connectivity index (χ1) is 9.24. The van der Waals surface area contributed by atoms with Gasteiger partial charge >= 0.3 is 0 Å². The molecule has 0 aliphatic carbocycles. The van der Waals surface area contributed by atoms with E-state index in [1.54, 1.807) is 18.2 Å². The van der Waals surface area contributed by atoms with Crippen LogP contribution in [0.2, 0.25) is 0 Å². The van der Waals surface area contributed by atoms with Crippen molar-refractivity contribution in [1.29, 1.82) is 5.26 Å². The Hall–Kier alpha value is -2.47. The molecule has 2 aromatic carbocycles. The number of phenols is 1. The van der Waals surface area contributed by atoms with Crippen LogP contribution >= 0.6 is 0 Å². The van der Waals surface area contributed by atoms with E-state index in [4.69, 9.17) is 5.26 Å². The van der Waals surface area contributed by atoms with Crippen LogP contribution in [0.4, 0.5) is 5.69 Å². The highest BCUT2D eigenvalue weighted by molar-refractivity contribution is 5.58. The van der Waals surface area contributed by atoms with Crippen LogP contribution in [0.15, 0.2) is 48.5 Å². The van der Waals surface area contributed by atoms with Gasteiger partial charge in [-0.15, -0.1) is 0 Å². The highest BCUT2D eigenvalue weighted by atomic mass is 16.3. The molecule has 0 aliphatic heterocycles. The van der Waals surface area contributed by atoms with Crippen molar-refractivity contribution in [2.45, 2.75) is 19.4 Å². The first kappa shape index (κ1) is 13.0. The molecule has 2 N–H and O–H groups in total. The second kappa shape index (κ2) is 5.92. The van der Waals surface area contributed by atoms with E-state index in [2.05, 4.69) is 18.3 Å². The summed E-state index contributed by atoms with van der Waals surface area (Å²) < 4.78 is 0. The Labute approximate surface area is 113 Å². The number of hydrogen-bond acceptors (Lipinski definition) is 3. The van der Waals surface area contributed by atoms with Gasteiger partial charge in [-0.3, -0.25) is 0 Å². The fourth-order valence-electron chi connectivity index (χ4n) is 2.02. The van der Waals surface area contributed by atoms with Crippen LogP contribution < -0.4 is 5.32 Å². The van der Waals surface area contributed by atoms with Crippen LogP contribution in [0, 0.1) is 11.3 Å². The number of phenolic OH excluding ortho intramolecular Hbond substituents is 1. The number of nitrogens with zero attached hydrogens (tertiary/aromatic N) is 1. The Balaban J connectivity index is 2.24. The lowest BCUT2D eigenvalue weighted by Gasteiger charge is -2.19. The Kier molecular flexibility index (Phi) is 4.04. The van der Waals surface area contributed by atoms with Crippen LogP contribution in [0.5, 0.6) is 5.75 Å². The lowest BCUT2D eigenvalue weighted by molar-refractivity contribution is 0.475. The highest BCUT2D eigenvalue weighted by Crippen LogP contribution is 2.25. The standard InChI is InChI=1S/C16H16N2O/c1-2-15(12-7-9-14(19)10-8-12)18-16-6-4-3-5-13(16)11-17/h3-10,15,18-19H,2H2,1H3. The molecule has 0 amide bonds. The molecule has 96 valence electrons. The van der Waals surface area contributed by atoms with Crippen molar-refractivity contribution >= 4 is 5.69 Å². The van der Waals surface area contributed by atoms with Crippen LogP contribution in [0.3, 0.4) is 0 Å². The van der Waals surface area contributed by atoms with E-state index in [1.165, 1.54) is 0 Å². The molecule has 0 spiro atoms. The fourth-order valence-corrected chi connectivity index (χ4v) is 2.02. The Bertz CT molecular complexity index is 584. The quantitative estimate of drug-likeness (QED) is 0.869. The van der Waals surface area contributed by atoms with Crippen LogP contribution in [0.1, 0.15) is 30.5 Å². The molecule has 19 heavy (non-hydrogen) atoms. The number of benzene rings is 2. The highest BCUT2D eigenvalue weighted by Gasteiger charge is 2.11. The molecule has 0 bridgehead atoms. The van der Waals surface area contributed by atoms with Gasteiger partial charge in [-0.2, -0.15) is 5.26 Å². The molecule has 0 saturated heterocycles. The molecule has 0 aliphatic rings. The number of nitriles is 1. The van der Waals surface area contributed by atoms with Gasteiger partial charge in [0.15, 0.2) is 0 Å². The van der Waals surface area contributed by atoms with Crippen molar-refractivity contribution in [3.63, 3.8) is 0 Å². The van der Waals surface area contributed by atoms with Gasteiger partial charge in [-0.25, -0.2) is 0 Å². The average Bonchev–Trinajstić information content (AvgIpc) is 2.46. The third-order valence-electron chi connectivity index (χ3n) is 3.08. The number of para-hydroxylation sites is 1. The van der Waals surface area contributed by atoms with Crippen LogP contribution in [-0.2, 0) is 0 Å². The van der Waals surface area contributed by atoms with Crippen molar-refractivity contribution in [1.82, 2.24) is 0 Å². The van der Waals surface area contributed by atoms with Crippen molar-refractivity contribution in [3.8, 4) is 11.8 Å². The monoisotopic (exact) mass is 252 g/mol. The zero-order chi connectivity index (χ0) is 13.7. The summed E-state index contributed by atoms with van der Waals surface area (Å²) in [5.74, 6) is 0.260. The summed E-state index contributed by atoms with van der Waals surface area (Å²) in [5, 5.41) is 21.8. The number of aromatic hydroxyl groups is 1. The topological polar surface area (TPSA) is 56.0 Å². The summed E-state index contributed by atoms with van der Waals surface area (Å²) in [6, 6.07) is 16.9. The molecule has 0 radical (unpaired) electrons. The Morgan fingerprint density at radius 1 is 1.16 bits per heavy atom. The molecule has 2 aromatic rings. The third-order valence-corrected chi connectivity index (χ3v) is 3.08. The number of rotatable bonds is 4. The molecule has 2 rings (SSSR count). The molecule has 3 heteroatoms. The van der Waals surface area contributed by atoms with Gasteiger partial charge in [0.2, 0.25) is 0 Å². The van der Waals surface area contributed by atoms with Crippen molar-refractivity contribution in [2.75, 3.05) is 5.32 Å². The average molecular weight is 252 g/mol. The molecular weight excluding hydrogens is 236 g/mol. The molecule has 3 nitrogen and oxygen atoms in total. The largest absolute Gasteiger partial charge is 0.508 e. The van der Waals surface area contributed by atoms with E-state index < -0.39 is 0 Å². The van der Waals surface area contributed by atoms with Gasteiger partial charge in [0, 0.05) is 0 Å². The third kappa shape index (κ3) is 3.05. The molecule has 0 aromatic heterocycles. The second-order valence-electron chi connectivity index (χ2n) is 4.35. The molecule has 1 atom stereocenters. The van der Waals surface area contributed by atoms with Crippen molar-refractivity contribution in [2.24, 2.45) is 0 Å². The molecule has 0 heterocycles. The number of nitrogens with one attached hydrogen (secondary N) is 1. The van der Waals surface area contributed by atoms with Gasteiger partial charge < -0.3 is 10.4 Å². The fraction of sp³-hybridized carbons (Fsp3) is 0.188. The van der Waals surface area contributed by atoms with Crippen molar-refractivity contribution < 1.29 is 5.11 Å². The summed E-state index contributed by atoms with van der Waals surface area (Å²) >= 11 is 0. The van der Waals surface area contributed by atoms with Gasteiger partial charge in [-0.05, 0) is 36.2 Å². The smallest absolute Gasteiger partial charge is 0.115 e. The van der Waals surface area contributed by atoms with E-state index in [-0.39, 0.29) is 11.8 Å². The minimum Gasteiger partial charge on any atom is -0.508 e. The number of hydrogen-bond donors (Lipinski definition) is 2. The summed E-state index contributed by atoms with van der Waals surface area (Å²) in [4.78, 5) is 0.